The molecule has 1 unspecified atom stereocenters. The third kappa shape index (κ3) is 5.49. The van der Waals surface area contributed by atoms with Crippen LogP contribution in [0.2, 0.25) is 0 Å². The van der Waals surface area contributed by atoms with Crippen LogP contribution >= 0.6 is 0 Å². The number of fused-ring (bicyclic) bond motifs is 2. The lowest BCUT2D eigenvalue weighted by Crippen LogP contribution is -2.54. The number of nitrogens with zero attached hydrogens (tertiary/aromatic N) is 7. The van der Waals surface area contributed by atoms with Gasteiger partial charge in [-0.3, -0.25) is 39.1 Å². The molecule has 0 bridgehead atoms. The summed E-state index contributed by atoms with van der Waals surface area (Å²) in [6.45, 7) is 4.84. The molecule has 5 heterocycles. The Morgan fingerprint density at radius 3 is 2.46 bits per heavy atom. The average Bonchev–Trinajstić information content (AvgIpc) is 3.81. The second-order valence-electron chi connectivity index (χ2n) is 14.5. The standard InChI is InChI=1S/C37H39N9O4/c1-43-10-12-44(13-11-43)24-5-7-29-30(17-24)40-31(19-39-29)28-20-45(42-34(28)22-2-3-22)25-14-21(15-25)18-38-23-4-6-26-27(16-23)37(50)46(36(26)49)32-8-9-33(47)41-35(32)48/h4-7,16-17,19-22,25,32,38H,2-3,8-15,18H2,1H3,(H,41,47,48)/t21-,25-,32?. The summed E-state index contributed by atoms with van der Waals surface area (Å²) < 4.78 is 2.13. The van der Waals surface area contributed by atoms with Crippen molar-refractivity contribution in [2.45, 2.75) is 56.5 Å². The number of imide groups is 2. The van der Waals surface area contributed by atoms with Gasteiger partial charge in [0.2, 0.25) is 11.8 Å². The van der Waals surface area contributed by atoms with Gasteiger partial charge in [-0.1, -0.05) is 0 Å². The number of anilines is 2. The van der Waals surface area contributed by atoms with E-state index in [1.54, 1.807) is 18.2 Å². The monoisotopic (exact) mass is 673 g/mol. The fourth-order valence-corrected chi connectivity index (χ4v) is 7.77. The third-order valence-corrected chi connectivity index (χ3v) is 11.0. The van der Waals surface area contributed by atoms with Gasteiger partial charge in [-0.15, -0.1) is 0 Å². The van der Waals surface area contributed by atoms with Crippen LogP contribution < -0.4 is 15.5 Å². The number of aromatic nitrogens is 4. The zero-order valence-corrected chi connectivity index (χ0v) is 28.0. The van der Waals surface area contributed by atoms with E-state index in [2.05, 4.69) is 56.6 Å². The topological polar surface area (TPSA) is 146 Å². The van der Waals surface area contributed by atoms with Crippen LogP contribution in [0.4, 0.5) is 11.4 Å². The minimum Gasteiger partial charge on any atom is -0.385 e. The highest BCUT2D eigenvalue weighted by Gasteiger charge is 2.45. The molecule has 2 saturated carbocycles. The molecule has 2 aromatic heterocycles. The largest absolute Gasteiger partial charge is 0.385 e. The second-order valence-corrected chi connectivity index (χ2v) is 14.5. The fourth-order valence-electron chi connectivity index (χ4n) is 7.77. The third-order valence-electron chi connectivity index (χ3n) is 11.0. The zero-order valence-electron chi connectivity index (χ0n) is 28.0. The molecule has 13 heteroatoms. The van der Waals surface area contributed by atoms with E-state index in [4.69, 9.17) is 15.1 Å². The number of hydrogen-bond acceptors (Lipinski definition) is 10. The normalized spacial score (nSPS) is 24.1. The minimum absolute atomic E-state index is 0.0937. The maximum absolute atomic E-state index is 13.2. The van der Waals surface area contributed by atoms with E-state index in [9.17, 15) is 19.2 Å². The molecule has 4 aromatic rings. The van der Waals surface area contributed by atoms with Crippen LogP contribution in [0.3, 0.4) is 0 Å². The van der Waals surface area contributed by atoms with Crippen molar-refractivity contribution in [1.82, 2.24) is 34.9 Å². The van der Waals surface area contributed by atoms with Gasteiger partial charge in [0, 0.05) is 68.2 Å². The number of hydrogen-bond donors (Lipinski definition) is 2. The lowest BCUT2D eigenvalue weighted by molar-refractivity contribution is -0.136. The molecule has 2 aliphatic carbocycles. The van der Waals surface area contributed by atoms with E-state index in [0.717, 1.165) is 97.0 Å². The molecular weight excluding hydrogens is 634 g/mol. The zero-order chi connectivity index (χ0) is 34.1. The summed E-state index contributed by atoms with van der Waals surface area (Å²) in [4.78, 5) is 65.9. The molecule has 2 aromatic carbocycles. The van der Waals surface area contributed by atoms with Crippen LogP contribution in [0, 0.1) is 5.92 Å². The van der Waals surface area contributed by atoms with Crippen LogP contribution in [-0.4, -0.2) is 99.0 Å². The first-order chi connectivity index (χ1) is 24.3. The van der Waals surface area contributed by atoms with Gasteiger partial charge in [-0.05, 0) is 81.5 Å². The first-order valence-corrected chi connectivity index (χ1v) is 17.7. The summed E-state index contributed by atoms with van der Waals surface area (Å²) in [5.74, 6) is -1.10. The number of likely N-dealkylation sites (N-methyl/N-ethyl adjacent to an activating group) is 1. The molecule has 1 atom stereocenters. The highest BCUT2D eigenvalue weighted by molar-refractivity contribution is 6.23. The molecule has 9 rings (SSSR count). The molecule has 256 valence electrons. The summed E-state index contributed by atoms with van der Waals surface area (Å²) >= 11 is 0. The van der Waals surface area contributed by atoms with Crippen molar-refractivity contribution in [2.75, 3.05) is 50.0 Å². The number of piperidine rings is 1. The first kappa shape index (κ1) is 30.9. The molecule has 4 amide bonds. The van der Waals surface area contributed by atoms with Crippen molar-refractivity contribution in [1.29, 1.82) is 0 Å². The van der Waals surface area contributed by atoms with Gasteiger partial charge < -0.3 is 15.1 Å². The van der Waals surface area contributed by atoms with E-state index in [-0.39, 0.29) is 24.0 Å². The highest BCUT2D eigenvalue weighted by atomic mass is 16.2. The highest BCUT2D eigenvalue weighted by Crippen LogP contribution is 2.46. The molecule has 2 N–H and O–H groups in total. The predicted octanol–water partition coefficient (Wildman–Crippen LogP) is 3.59. The van der Waals surface area contributed by atoms with E-state index >= 15 is 0 Å². The Balaban J connectivity index is 0.859. The summed E-state index contributed by atoms with van der Waals surface area (Å²) in [7, 11) is 2.17. The maximum atomic E-state index is 13.2. The van der Waals surface area contributed by atoms with Gasteiger partial charge in [0.05, 0.1) is 45.8 Å². The molecule has 0 radical (unpaired) electrons. The number of carbonyl (C=O) groups is 4. The number of piperazine rings is 1. The van der Waals surface area contributed by atoms with Gasteiger partial charge in [-0.2, -0.15) is 5.10 Å². The number of benzene rings is 2. The van der Waals surface area contributed by atoms with Gasteiger partial charge in [0.25, 0.3) is 11.8 Å². The average molecular weight is 674 g/mol. The maximum Gasteiger partial charge on any atom is 0.262 e. The van der Waals surface area contributed by atoms with Crippen molar-refractivity contribution in [3.63, 3.8) is 0 Å². The summed E-state index contributed by atoms with van der Waals surface area (Å²) in [6.07, 6.45) is 8.53. The first-order valence-electron chi connectivity index (χ1n) is 17.7. The number of rotatable bonds is 8. The molecule has 50 heavy (non-hydrogen) atoms. The number of carbonyl (C=O) groups excluding carboxylic acids is 4. The van der Waals surface area contributed by atoms with Crippen LogP contribution in [0.5, 0.6) is 0 Å². The van der Waals surface area contributed by atoms with Gasteiger partial charge in [-0.25, -0.2) is 4.98 Å². The molecule has 13 nitrogen and oxygen atoms in total. The van der Waals surface area contributed by atoms with Crippen molar-refractivity contribution in [3.05, 3.63) is 65.6 Å². The second kappa shape index (κ2) is 12.0. The SMILES string of the molecule is CN1CCN(c2ccc3ncc(-c4cn([C@H]5C[C@H](CNc6ccc7c(c6)C(=O)N(C6CCC(=O)NC6=O)C7=O)C5)nc4C4CC4)nc3c2)CC1. The molecule has 3 aliphatic heterocycles. The van der Waals surface area contributed by atoms with Crippen molar-refractivity contribution in [3.8, 4) is 11.3 Å². The lowest BCUT2D eigenvalue weighted by Gasteiger charge is -2.35. The van der Waals surface area contributed by atoms with Crippen molar-refractivity contribution < 1.29 is 19.2 Å². The quantitative estimate of drug-likeness (QED) is 0.266. The Morgan fingerprint density at radius 1 is 0.880 bits per heavy atom. The van der Waals surface area contributed by atoms with E-state index in [1.807, 2.05) is 6.20 Å². The Labute approximate surface area is 289 Å². The Hall–Kier alpha value is -5.17. The smallest absolute Gasteiger partial charge is 0.262 e. The van der Waals surface area contributed by atoms with Crippen LogP contribution in [0.15, 0.2) is 48.8 Å². The van der Waals surface area contributed by atoms with Gasteiger partial charge in [0.1, 0.15) is 6.04 Å². The number of nitrogens with one attached hydrogen (secondary N) is 2. The molecular formula is C37H39N9O4. The van der Waals surface area contributed by atoms with E-state index in [0.29, 0.717) is 17.9 Å². The Bertz CT molecular complexity index is 2060. The van der Waals surface area contributed by atoms with Crippen LogP contribution in [0.1, 0.15) is 76.9 Å². The number of amides is 4. The fraction of sp³-hybridized carbons (Fsp3) is 0.432. The lowest BCUT2D eigenvalue weighted by atomic mass is 9.80. The van der Waals surface area contributed by atoms with Crippen LogP contribution in [0.25, 0.3) is 22.3 Å². The van der Waals surface area contributed by atoms with Gasteiger partial charge in [0.15, 0.2) is 0 Å². The summed E-state index contributed by atoms with van der Waals surface area (Å²) in [5.41, 5.74) is 7.38. The summed E-state index contributed by atoms with van der Waals surface area (Å²) in [6, 6.07) is 10.9. The van der Waals surface area contributed by atoms with Crippen LogP contribution in [-0.2, 0) is 9.59 Å². The molecule has 2 saturated heterocycles. The van der Waals surface area contributed by atoms with Crippen molar-refractivity contribution in [2.24, 2.45) is 5.92 Å². The molecule has 5 aliphatic rings. The predicted molar refractivity (Wildman–Crippen MR) is 186 cm³/mol. The van der Waals surface area contributed by atoms with Crippen molar-refractivity contribution >= 4 is 46.0 Å². The summed E-state index contributed by atoms with van der Waals surface area (Å²) in [5, 5.41) is 10.8. The molecule has 0 spiro atoms. The Kier molecular flexibility index (Phi) is 7.41. The van der Waals surface area contributed by atoms with E-state index in [1.165, 1.54) is 5.69 Å². The minimum atomic E-state index is -0.972. The Morgan fingerprint density at radius 2 is 1.68 bits per heavy atom. The van der Waals surface area contributed by atoms with E-state index < -0.39 is 29.7 Å². The van der Waals surface area contributed by atoms with Gasteiger partial charge >= 0.3 is 0 Å². The molecule has 4 fully saturated rings.